The molecule has 1 aromatic carbocycles. The van der Waals surface area contributed by atoms with Crippen LogP contribution in [0.25, 0.3) is 0 Å². The molecule has 0 N–H and O–H groups in total. The molecule has 21 heavy (non-hydrogen) atoms. The minimum atomic E-state index is 0.733. The highest BCUT2D eigenvalue weighted by Crippen LogP contribution is 2.30. The molecule has 0 spiro atoms. The predicted octanol–water partition coefficient (Wildman–Crippen LogP) is 4.81. The molecule has 0 aliphatic carbocycles. The van der Waals surface area contributed by atoms with Gasteiger partial charge in [0.2, 0.25) is 0 Å². The fourth-order valence-corrected chi connectivity index (χ4v) is 4.06. The molecule has 0 radical (unpaired) electrons. The third-order valence-electron chi connectivity index (χ3n) is 5.06. The molecule has 0 saturated carbocycles. The molecule has 2 fully saturated rings. The van der Waals surface area contributed by atoms with Gasteiger partial charge in [-0.25, -0.2) is 0 Å². The fourth-order valence-electron chi connectivity index (χ4n) is 3.71. The van der Waals surface area contributed by atoms with Gasteiger partial charge in [-0.05, 0) is 63.3 Å². The van der Waals surface area contributed by atoms with E-state index in [1.54, 1.807) is 0 Å². The van der Waals surface area contributed by atoms with Crippen LogP contribution < -0.4 is 4.90 Å². The zero-order valence-electron chi connectivity index (χ0n) is 13.2. The molecule has 116 valence electrons. The molecule has 2 aliphatic heterocycles. The monoisotopic (exact) mass is 350 g/mol. The first kappa shape index (κ1) is 15.4. The van der Waals surface area contributed by atoms with Gasteiger partial charge in [0.25, 0.3) is 0 Å². The number of anilines is 1. The number of piperidine rings is 2. The Morgan fingerprint density at radius 1 is 1.05 bits per heavy atom. The summed E-state index contributed by atoms with van der Waals surface area (Å²) in [6.07, 6.45) is 8.19. The Kier molecular flexibility index (Phi) is 5.23. The van der Waals surface area contributed by atoms with Gasteiger partial charge in [0.1, 0.15) is 0 Å². The second-order valence-corrected chi connectivity index (χ2v) is 7.55. The van der Waals surface area contributed by atoms with E-state index in [0.29, 0.717) is 0 Å². The second kappa shape index (κ2) is 7.15. The number of hydrogen-bond acceptors (Lipinski definition) is 2. The summed E-state index contributed by atoms with van der Waals surface area (Å²) in [5.74, 6) is 0. The van der Waals surface area contributed by atoms with Gasteiger partial charge in [-0.1, -0.05) is 28.4 Å². The van der Waals surface area contributed by atoms with E-state index in [4.69, 9.17) is 0 Å². The molecule has 2 aliphatic rings. The summed E-state index contributed by atoms with van der Waals surface area (Å²) in [7, 11) is 0. The van der Waals surface area contributed by atoms with Crippen LogP contribution >= 0.6 is 15.9 Å². The standard InChI is InChI=1S/C18H27BrN2/c1-15-7-3-6-12-21(15)14-16-8-9-17(19)13-18(16)20-10-4-2-5-11-20/h8-9,13,15H,2-7,10-12,14H2,1H3. The molecule has 1 unspecified atom stereocenters. The van der Waals surface area contributed by atoms with Crippen molar-refractivity contribution < 1.29 is 0 Å². The quantitative estimate of drug-likeness (QED) is 0.771. The number of halogens is 1. The molecule has 2 heterocycles. The van der Waals surface area contributed by atoms with Gasteiger partial charge >= 0.3 is 0 Å². The van der Waals surface area contributed by atoms with Crippen LogP contribution in [0.3, 0.4) is 0 Å². The van der Waals surface area contributed by atoms with Crippen LogP contribution in [0.4, 0.5) is 5.69 Å². The van der Waals surface area contributed by atoms with Crippen LogP contribution in [0.1, 0.15) is 51.0 Å². The smallest absolute Gasteiger partial charge is 0.0423 e. The Bertz CT molecular complexity index is 468. The number of hydrogen-bond donors (Lipinski definition) is 0. The number of likely N-dealkylation sites (tertiary alicyclic amines) is 1. The topological polar surface area (TPSA) is 6.48 Å². The zero-order valence-corrected chi connectivity index (χ0v) is 14.7. The maximum Gasteiger partial charge on any atom is 0.0423 e. The first-order valence-corrected chi connectivity index (χ1v) is 9.31. The summed E-state index contributed by atoms with van der Waals surface area (Å²) in [5.41, 5.74) is 2.97. The van der Waals surface area contributed by atoms with Crippen molar-refractivity contribution in [3.8, 4) is 0 Å². The first-order valence-electron chi connectivity index (χ1n) is 8.51. The van der Waals surface area contributed by atoms with Crippen molar-refractivity contribution >= 4 is 21.6 Å². The number of nitrogens with zero attached hydrogens (tertiary/aromatic N) is 2. The second-order valence-electron chi connectivity index (χ2n) is 6.64. The molecule has 2 nitrogen and oxygen atoms in total. The normalized spacial score (nSPS) is 24.3. The molecule has 3 rings (SSSR count). The lowest BCUT2D eigenvalue weighted by atomic mass is 10.0. The fraction of sp³-hybridized carbons (Fsp3) is 0.667. The Morgan fingerprint density at radius 3 is 2.57 bits per heavy atom. The molecule has 0 amide bonds. The van der Waals surface area contributed by atoms with Gasteiger partial charge in [-0.2, -0.15) is 0 Å². The van der Waals surface area contributed by atoms with Gasteiger partial charge in [-0.15, -0.1) is 0 Å². The van der Waals surface area contributed by atoms with Gasteiger partial charge in [0.15, 0.2) is 0 Å². The summed E-state index contributed by atoms with van der Waals surface area (Å²) in [6.45, 7) is 7.20. The SMILES string of the molecule is CC1CCCCN1Cc1ccc(Br)cc1N1CCCCC1. The van der Waals surface area contributed by atoms with E-state index in [-0.39, 0.29) is 0 Å². The Hall–Kier alpha value is -0.540. The van der Waals surface area contributed by atoms with E-state index < -0.39 is 0 Å². The van der Waals surface area contributed by atoms with Crippen molar-refractivity contribution in [3.63, 3.8) is 0 Å². The van der Waals surface area contributed by atoms with Crippen molar-refractivity contribution in [3.05, 3.63) is 28.2 Å². The van der Waals surface area contributed by atoms with Crippen LogP contribution in [0.5, 0.6) is 0 Å². The Morgan fingerprint density at radius 2 is 1.81 bits per heavy atom. The molecule has 2 saturated heterocycles. The van der Waals surface area contributed by atoms with E-state index in [1.807, 2.05) is 0 Å². The summed E-state index contributed by atoms with van der Waals surface area (Å²) < 4.78 is 1.21. The summed E-state index contributed by atoms with van der Waals surface area (Å²) >= 11 is 3.66. The van der Waals surface area contributed by atoms with Crippen molar-refractivity contribution in [1.29, 1.82) is 0 Å². The third-order valence-corrected chi connectivity index (χ3v) is 5.55. The van der Waals surface area contributed by atoms with E-state index in [1.165, 1.54) is 73.9 Å². The maximum absolute atomic E-state index is 3.66. The van der Waals surface area contributed by atoms with E-state index >= 15 is 0 Å². The highest BCUT2D eigenvalue weighted by molar-refractivity contribution is 9.10. The average molecular weight is 351 g/mol. The predicted molar refractivity (Wildman–Crippen MR) is 93.9 cm³/mol. The molecule has 3 heteroatoms. The van der Waals surface area contributed by atoms with E-state index in [9.17, 15) is 0 Å². The molecule has 1 aromatic rings. The van der Waals surface area contributed by atoms with Crippen LogP contribution in [0.2, 0.25) is 0 Å². The lowest BCUT2D eigenvalue weighted by Crippen LogP contribution is -2.37. The van der Waals surface area contributed by atoms with Crippen LogP contribution in [0.15, 0.2) is 22.7 Å². The van der Waals surface area contributed by atoms with Crippen LogP contribution in [-0.2, 0) is 6.54 Å². The Balaban J connectivity index is 1.80. The highest BCUT2D eigenvalue weighted by atomic mass is 79.9. The summed E-state index contributed by atoms with van der Waals surface area (Å²) in [5, 5.41) is 0. The van der Waals surface area contributed by atoms with Crippen LogP contribution in [0, 0.1) is 0 Å². The van der Waals surface area contributed by atoms with Crippen molar-refractivity contribution in [1.82, 2.24) is 4.90 Å². The number of benzene rings is 1. The lowest BCUT2D eigenvalue weighted by molar-refractivity contribution is 0.153. The van der Waals surface area contributed by atoms with Gasteiger partial charge in [0.05, 0.1) is 0 Å². The third kappa shape index (κ3) is 3.81. The van der Waals surface area contributed by atoms with E-state index in [0.717, 1.165) is 12.6 Å². The van der Waals surface area contributed by atoms with Crippen LogP contribution in [-0.4, -0.2) is 30.6 Å². The largest absolute Gasteiger partial charge is 0.371 e. The number of rotatable bonds is 3. The molecular formula is C18H27BrN2. The summed E-state index contributed by atoms with van der Waals surface area (Å²) in [6, 6.07) is 7.60. The molecule has 0 bridgehead atoms. The minimum absolute atomic E-state index is 0.733. The van der Waals surface area contributed by atoms with Crippen molar-refractivity contribution in [2.24, 2.45) is 0 Å². The van der Waals surface area contributed by atoms with Gasteiger partial charge in [0, 0.05) is 35.8 Å². The maximum atomic E-state index is 3.66. The van der Waals surface area contributed by atoms with Crippen molar-refractivity contribution in [2.75, 3.05) is 24.5 Å². The van der Waals surface area contributed by atoms with Gasteiger partial charge < -0.3 is 4.90 Å². The van der Waals surface area contributed by atoms with Gasteiger partial charge in [-0.3, -0.25) is 4.90 Å². The zero-order chi connectivity index (χ0) is 14.7. The lowest BCUT2D eigenvalue weighted by Gasteiger charge is -2.36. The Labute approximate surface area is 137 Å². The molecule has 1 atom stereocenters. The molecule has 0 aromatic heterocycles. The summed E-state index contributed by atoms with van der Waals surface area (Å²) in [4.78, 5) is 5.26. The highest BCUT2D eigenvalue weighted by Gasteiger charge is 2.21. The molecular weight excluding hydrogens is 324 g/mol. The first-order chi connectivity index (χ1) is 10.2. The van der Waals surface area contributed by atoms with E-state index in [2.05, 4.69) is 50.9 Å². The average Bonchev–Trinajstić information content (AvgIpc) is 2.52. The minimum Gasteiger partial charge on any atom is -0.371 e. The van der Waals surface area contributed by atoms with Crippen molar-refractivity contribution in [2.45, 2.75) is 58.0 Å².